The van der Waals surface area contributed by atoms with Crippen LogP contribution >= 0.6 is 11.6 Å². The molecule has 2 aromatic carbocycles. The number of halogens is 1. The number of nitrogens with zero attached hydrogens (tertiary/aromatic N) is 1. The molecule has 0 saturated heterocycles. The quantitative estimate of drug-likeness (QED) is 0.534. The van der Waals surface area contributed by atoms with Gasteiger partial charge in [0.2, 0.25) is 10.0 Å². The van der Waals surface area contributed by atoms with Crippen LogP contribution in [0.3, 0.4) is 0 Å². The number of fused-ring (bicyclic) bond motifs is 3. The van der Waals surface area contributed by atoms with E-state index in [2.05, 4.69) is 29.6 Å². The van der Waals surface area contributed by atoms with Crippen LogP contribution in [-0.2, 0) is 10.0 Å². The SMILES string of the molecule is CCCN(CCC)S(=O)(=O)c1ccc2c(c1)C1C=CCC1C(c1ccc(Cl)cc1)N2. The lowest BCUT2D eigenvalue weighted by Gasteiger charge is -2.38. The molecule has 4 rings (SSSR count). The summed E-state index contributed by atoms with van der Waals surface area (Å²) >= 11 is 6.08. The maximum Gasteiger partial charge on any atom is 0.243 e. The Labute approximate surface area is 185 Å². The predicted molar refractivity (Wildman–Crippen MR) is 124 cm³/mol. The molecule has 0 saturated carbocycles. The molecule has 0 spiro atoms. The number of sulfonamides is 1. The first-order chi connectivity index (χ1) is 14.5. The van der Waals surface area contributed by atoms with E-state index in [4.69, 9.17) is 11.6 Å². The monoisotopic (exact) mass is 444 g/mol. The van der Waals surface area contributed by atoms with Crippen LogP contribution in [0, 0.1) is 5.92 Å². The molecule has 0 aromatic heterocycles. The highest BCUT2D eigenvalue weighted by Crippen LogP contribution is 2.50. The van der Waals surface area contributed by atoms with E-state index in [-0.39, 0.29) is 12.0 Å². The Morgan fingerprint density at radius 2 is 1.77 bits per heavy atom. The molecule has 6 heteroatoms. The summed E-state index contributed by atoms with van der Waals surface area (Å²) in [4.78, 5) is 0.397. The molecule has 3 unspecified atom stereocenters. The van der Waals surface area contributed by atoms with E-state index >= 15 is 0 Å². The molecule has 1 aliphatic heterocycles. The fraction of sp³-hybridized carbons (Fsp3) is 0.417. The Bertz CT molecular complexity index is 1030. The van der Waals surface area contributed by atoms with Gasteiger partial charge in [-0.1, -0.05) is 49.7 Å². The minimum atomic E-state index is -3.49. The first kappa shape index (κ1) is 21.4. The van der Waals surface area contributed by atoms with Crippen molar-refractivity contribution < 1.29 is 8.42 Å². The normalized spacial score (nSPS) is 22.6. The topological polar surface area (TPSA) is 49.4 Å². The lowest BCUT2D eigenvalue weighted by molar-refractivity contribution is 0.409. The van der Waals surface area contributed by atoms with Crippen LogP contribution in [0.15, 0.2) is 59.5 Å². The second kappa shape index (κ2) is 8.74. The van der Waals surface area contributed by atoms with Crippen LogP contribution in [0.25, 0.3) is 0 Å². The Kier molecular flexibility index (Phi) is 6.24. The molecule has 0 amide bonds. The summed E-state index contributed by atoms with van der Waals surface area (Å²) in [5, 5.41) is 4.40. The van der Waals surface area contributed by atoms with Crippen LogP contribution in [0.4, 0.5) is 5.69 Å². The second-order valence-corrected chi connectivity index (χ2v) is 10.6. The van der Waals surface area contributed by atoms with Gasteiger partial charge in [0.15, 0.2) is 0 Å². The fourth-order valence-electron chi connectivity index (χ4n) is 4.73. The lowest BCUT2D eigenvalue weighted by Crippen LogP contribution is -2.33. The molecular weight excluding hydrogens is 416 g/mol. The highest BCUT2D eigenvalue weighted by molar-refractivity contribution is 7.89. The summed E-state index contributed by atoms with van der Waals surface area (Å²) in [7, 11) is -3.49. The third-order valence-electron chi connectivity index (χ3n) is 6.15. The molecule has 2 aliphatic rings. The van der Waals surface area contributed by atoms with Gasteiger partial charge >= 0.3 is 0 Å². The highest BCUT2D eigenvalue weighted by atomic mass is 35.5. The number of benzene rings is 2. The minimum Gasteiger partial charge on any atom is -0.378 e. The zero-order valence-corrected chi connectivity index (χ0v) is 19.1. The molecule has 30 heavy (non-hydrogen) atoms. The molecule has 4 nitrogen and oxygen atoms in total. The number of anilines is 1. The Morgan fingerprint density at radius 1 is 1.07 bits per heavy atom. The van der Waals surface area contributed by atoms with Crippen molar-refractivity contribution in [2.75, 3.05) is 18.4 Å². The summed E-state index contributed by atoms with van der Waals surface area (Å²) < 4.78 is 28.2. The van der Waals surface area contributed by atoms with E-state index in [0.29, 0.717) is 23.9 Å². The van der Waals surface area contributed by atoms with Gasteiger partial charge in [0.05, 0.1) is 10.9 Å². The molecule has 0 fully saturated rings. The van der Waals surface area contributed by atoms with Gasteiger partial charge in [-0.05, 0) is 66.6 Å². The van der Waals surface area contributed by atoms with Crippen LogP contribution < -0.4 is 5.32 Å². The van der Waals surface area contributed by atoms with Crippen molar-refractivity contribution in [2.24, 2.45) is 5.92 Å². The van der Waals surface area contributed by atoms with Gasteiger partial charge in [-0.25, -0.2) is 8.42 Å². The van der Waals surface area contributed by atoms with Crippen molar-refractivity contribution in [1.82, 2.24) is 4.31 Å². The first-order valence-corrected chi connectivity index (χ1v) is 12.6. The van der Waals surface area contributed by atoms with Crippen molar-refractivity contribution in [3.63, 3.8) is 0 Å². The first-order valence-electron chi connectivity index (χ1n) is 10.8. The van der Waals surface area contributed by atoms with E-state index < -0.39 is 10.0 Å². The summed E-state index contributed by atoms with van der Waals surface area (Å²) in [5.74, 6) is 0.571. The van der Waals surface area contributed by atoms with E-state index in [1.807, 2.05) is 38.1 Å². The molecule has 2 aromatic rings. The van der Waals surface area contributed by atoms with Crippen molar-refractivity contribution in [2.45, 2.75) is 50.0 Å². The highest BCUT2D eigenvalue weighted by Gasteiger charge is 2.38. The molecular formula is C24H29ClN2O2S. The maximum absolute atomic E-state index is 13.3. The van der Waals surface area contributed by atoms with Crippen molar-refractivity contribution in [3.05, 3.63) is 70.8 Å². The largest absolute Gasteiger partial charge is 0.378 e. The van der Waals surface area contributed by atoms with Gasteiger partial charge in [0.1, 0.15) is 0 Å². The lowest BCUT2D eigenvalue weighted by atomic mass is 9.77. The number of rotatable bonds is 7. The van der Waals surface area contributed by atoms with Gasteiger partial charge in [0, 0.05) is 29.7 Å². The Balaban J connectivity index is 1.70. The van der Waals surface area contributed by atoms with Crippen molar-refractivity contribution in [1.29, 1.82) is 0 Å². The summed E-state index contributed by atoms with van der Waals surface area (Å²) in [5.41, 5.74) is 3.30. The Morgan fingerprint density at radius 3 is 2.43 bits per heavy atom. The van der Waals surface area contributed by atoms with Crippen molar-refractivity contribution >= 4 is 27.3 Å². The van der Waals surface area contributed by atoms with Gasteiger partial charge in [-0.15, -0.1) is 0 Å². The second-order valence-electron chi connectivity index (χ2n) is 8.18. The molecule has 0 radical (unpaired) electrons. The minimum absolute atomic E-state index is 0.175. The van der Waals surface area contributed by atoms with Gasteiger partial charge in [-0.2, -0.15) is 4.31 Å². The third-order valence-corrected chi connectivity index (χ3v) is 8.29. The van der Waals surface area contributed by atoms with E-state index in [9.17, 15) is 8.42 Å². The Hall–Kier alpha value is -1.82. The van der Waals surface area contributed by atoms with Crippen molar-refractivity contribution in [3.8, 4) is 0 Å². The van der Waals surface area contributed by atoms with Gasteiger partial charge in [0.25, 0.3) is 0 Å². The maximum atomic E-state index is 13.3. The standard InChI is InChI=1S/C24H29ClN2O2S/c1-3-14-27(15-4-2)30(28,29)19-12-13-23-22(16-19)20-6-5-7-21(20)24(26-23)17-8-10-18(25)11-9-17/h5-6,8-13,16,20-21,24,26H,3-4,7,14-15H2,1-2H3. The molecule has 3 atom stereocenters. The zero-order valence-electron chi connectivity index (χ0n) is 17.5. The average Bonchev–Trinajstić information content (AvgIpc) is 3.23. The van der Waals surface area contributed by atoms with Crippen LogP contribution in [-0.4, -0.2) is 25.8 Å². The zero-order chi connectivity index (χ0) is 21.3. The van der Waals surface area contributed by atoms with Gasteiger partial charge in [-0.3, -0.25) is 0 Å². The smallest absolute Gasteiger partial charge is 0.243 e. The van der Waals surface area contributed by atoms with Crippen LogP contribution in [0.2, 0.25) is 5.02 Å². The summed E-state index contributed by atoms with van der Waals surface area (Å²) in [6, 6.07) is 13.8. The molecule has 0 bridgehead atoms. The number of allylic oxidation sites excluding steroid dienone is 2. The molecule has 1 N–H and O–H groups in total. The summed E-state index contributed by atoms with van der Waals surface area (Å²) in [6.45, 7) is 5.13. The number of nitrogens with one attached hydrogen (secondary N) is 1. The predicted octanol–water partition coefficient (Wildman–Crippen LogP) is 5.98. The molecule has 1 heterocycles. The fourth-order valence-corrected chi connectivity index (χ4v) is 6.52. The molecule has 160 valence electrons. The molecule has 1 aliphatic carbocycles. The third kappa shape index (κ3) is 3.91. The average molecular weight is 445 g/mol. The van der Waals surface area contributed by atoms with E-state index in [0.717, 1.165) is 35.5 Å². The van der Waals surface area contributed by atoms with E-state index in [1.54, 1.807) is 10.4 Å². The van der Waals surface area contributed by atoms with Gasteiger partial charge < -0.3 is 5.32 Å². The number of hydrogen-bond donors (Lipinski definition) is 1. The van der Waals surface area contributed by atoms with E-state index in [1.165, 1.54) is 5.56 Å². The summed E-state index contributed by atoms with van der Waals surface area (Å²) in [6.07, 6.45) is 7.04. The van der Waals surface area contributed by atoms with Crippen LogP contribution in [0.5, 0.6) is 0 Å². The van der Waals surface area contributed by atoms with Crippen LogP contribution in [0.1, 0.15) is 56.2 Å². The number of hydrogen-bond acceptors (Lipinski definition) is 3.